The molecule has 1 aliphatic carbocycles. The van der Waals surface area contributed by atoms with Crippen LogP contribution in [0.15, 0.2) is 4.52 Å². The van der Waals surface area contributed by atoms with Crippen LogP contribution in [0.4, 0.5) is 0 Å². The first kappa shape index (κ1) is 14.5. The van der Waals surface area contributed by atoms with E-state index in [0.717, 1.165) is 45.2 Å². The number of carbonyl (C=O) groups excluding carboxylic acids is 1. The average Bonchev–Trinajstić information content (AvgIpc) is 2.96. The highest BCUT2D eigenvalue weighted by molar-refractivity contribution is 5.90. The van der Waals surface area contributed by atoms with E-state index in [9.17, 15) is 4.79 Å². The highest BCUT2D eigenvalue weighted by Crippen LogP contribution is 2.29. The van der Waals surface area contributed by atoms with E-state index in [1.807, 2.05) is 4.90 Å². The summed E-state index contributed by atoms with van der Waals surface area (Å²) in [6.07, 6.45) is 5.31. The molecule has 0 bridgehead atoms. The molecule has 1 aliphatic heterocycles. The molecule has 1 saturated carbocycles. The molecule has 6 heteroatoms. The molecule has 1 amide bonds. The Hall–Kier alpha value is -1.43. The lowest BCUT2D eigenvalue weighted by molar-refractivity contribution is 0.0719. The van der Waals surface area contributed by atoms with Crippen molar-refractivity contribution in [1.82, 2.24) is 20.4 Å². The largest absolute Gasteiger partial charge is 0.337 e. The predicted molar refractivity (Wildman–Crippen MR) is 77.8 cm³/mol. The number of nitrogens with one attached hydrogen (secondary N) is 1. The quantitative estimate of drug-likeness (QED) is 0.870. The Bertz CT molecular complexity index is 490. The Morgan fingerprint density at radius 2 is 2.24 bits per heavy atom. The lowest BCUT2D eigenvalue weighted by atomic mass is 10.1. The summed E-state index contributed by atoms with van der Waals surface area (Å²) in [6, 6.07) is 0.492. The Morgan fingerprint density at radius 3 is 2.86 bits per heavy atom. The standard InChI is InChI=1S/C15H24N4O2/c1-10(2)7-9-19(11-5-6-11)15(20)13-17-14(21-18-13)12-4-3-8-16-12/h10-12,16H,3-9H2,1-2H3. The Labute approximate surface area is 125 Å². The Morgan fingerprint density at radius 1 is 1.43 bits per heavy atom. The molecule has 0 spiro atoms. The van der Waals surface area contributed by atoms with E-state index in [2.05, 4.69) is 29.3 Å². The first-order valence-electron chi connectivity index (χ1n) is 8.03. The number of rotatable bonds is 6. The Kier molecular flexibility index (Phi) is 4.24. The zero-order chi connectivity index (χ0) is 14.8. The van der Waals surface area contributed by atoms with Crippen LogP contribution in [0.2, 0.25) is 0 Å². The number of hydrogen-bond donors (Lipinski definition) is 1. The van der Waals surface area contributed by atoms with Gasteiger partial charge in [0.2, 0.25) is 5.89 Å². The van der Waals surface area contributed by atoms with E-state index in [1.54, 1.807) is 0 Å². The van der Waals surface area contributed by atoms with E-state index < -0.39 is 0 Å². The molecule has 2 aliphatic rings. The van der Waals surface area contributed by atoms with Crippen LogP contribution in [0.1, 0.15) is 68.5 Å². The van der Waals surface area contributed by atoms with Crippen LogP contribution in [0.5, 0.6) is 0 Å². The molecule has 2 fully saturated rings. The maximum absolute atomic E-state index is 12.6. The maximum atomic E-state index is 12.6. The topological polar surface area (TPSA) is 71.3 Å². The molecule has 1 saturated heterocycles. The minimum atomic E-state index is -0.0776. The minimum Gasteiger partial charge on any atom is -0.337 e. The fraction of sp³-hybridized carbons (Fsp3) is 0.800. The molecular formula is C15H24N4O2. The van der Waals surface area contributed by atoms with Crippen LogP contribution in [0.3, 0.4) is 0 Å². The van der Waals surface area contributed by atoms with Gasteiger partial charge in [0.1, 0.15) is 0 Å². The average molecular weight is 292 g/mol. The van der Waals surface area contributed by atoms with Crippen molar-refractivity contribution in [2.45, 2.75) is 58.0 Å². The van der Waals surface area contributed by atoms with Gasteiger partial charge in [-0.2, -0.15) is 4.98 Å². The summed E-state index contributed by atoms with van der Waals surface area (Å²) in [7, 11) is 0. The molecular weight excluding hydrogens is 268 g/mol. The molecule has 1 atom stereocenters. The van der Waals surface area contributed by atoms with Crippen molar-refractivity contribution in [3.05, 3.63) is 11.7 Å². The summed E-state index contributed by atoms with van der Waals surface area (Å²) in [6.45, 7) is 6.10. The lowest BCUT2D eigenvalue weighted by Gasteiger charge is -2.21. The third kappa shape index (κ3) is 3.43. The third-order valence-corrected chi connectivity index (χ3v) is 4.19. The first-order chi connectivity index (χ1) is 10.1. The SMILES string of the molecule is CC(C)CCN(C(=O)c1noc(C2CCCN2)n1)C1CC1. The van der Waals surface area contributed by atoms with Crippen molar-refractivity contribution < 1.29 is 9.32 Å². The molecule has 2 heterocycles. The van der Waals surface area contributed by atoms with Gasteiger partial charge >= 0.3 is 0 Å². The van der Waals surface area contributed by atoms with Crippen molar-refractivity contribution in [1.29, 1.82) is 0 Å². The van der Waals surface area contributed by atoms with Gasteiger partial charge in [0.05, 0.1) is 6.04 Å². The summed E-state index contributed by atoms with van der Waals surface area (Å²) in [5.74, 6) is 1.28. The fourth-order valence-corrected chi connectivity index (χ4v) is 2.72. The van der Waals surface area contributed by atoms with Crippen molar-refractivity contribution in [2.75, 3.05) is 13.1 Å². The molecule has 0 aromatic carbocycles. The van der Waals surface area contributed by atoms with E-state index >= 15 is 0 Å². The van der Waals surface area contributed by atoms with Gasteiger partial charge < -0.3 is 14.7 Å². The maximum Gasteiger partial charge on any atom is 0.295 e. The normalized spacial score (nSPS) is 22.0. The van der Waals surface area contributed by atoms with Crippen molar-refractivity contribution in [3.8, 4) is 0 Å². The number of hydrogen-bond acceptors (Lipinski definition) is 5. The smallest absolute Gasteiger partial charge is 0.295 e. The van der Waals surface area contributed by atoms with Gasteiger partial charge in [-0.3, -0.25) is 4.79 Å². The second kappa shape index (κ2) is 6.13. The van der Waals surface area contributed by atoms with Crippen LogP contribution in [0.25, 0.3) is 0 Å². The second-order valence-corrected chi connectivity index (χ2v) is 6.52. The number of carbonyl (C=O) groups is 1. The molecule has 116 valence electrons. The third-order valence-electron chi connectivity index (χ3n) is 4.19. The summed E-state index contributed by atoms with van der Waals surface area (Å²) in [4.78, 5) is 18.8. The van der Waals surface area contributed by atoms with Gasteiger partial charge in [-0.15, -0.1) is 0 Å². The zero-order valence-electron chi connectivity index (χ0n) is 12.8. The second-order valence-electron chi connectivity index (χ2n) is 6.52. The fourth-order valence-electron chi connectivity index (χ4n) is 2.72. The highest BCUT2D eigenvalue weighted by Gasteiger charge is 2.35. The van der Waals surface area contributed by atoms with Gasteiger partial charge in [-0.25, -0.2) is 0 Å². The van der Waals surface area contributed by atoms with Gasteiger partial charge in [0, 0.05) is 12.6 Å². The number of aromatic nitrogens is 2. The summed E-state index contributed by atoms with van der Waals surface area (Å²) in [5, 5.41) is 7.21. The molecule has 6 nitrogen and oxygen atoms in total. The minimum absolute atomic E-state index is 0.0776. The van der Waals surface area contributed by atoms with Crippen LogP contribution in [-0.2, 0) is 0 Å². The van der Waals surface area contributed by atoms with Gasteiger partial charge in [-0.1, -0.05) is 19.0 Å². The van der Waals surface area contributed by atoms with Crippen LogP contribution in [0, 0.1) is 5.92 Å². The molecule has 1 aromatic heterocycles. The van der Waals surface area contributed by atoms with Crippen LogP contribution >= 0.6 is 0 Å². The predicted octanol–water partition coefficient (Wildman–Crippen LogP) is 2.14. The monoisotopic (exact) mass is 292 g/mol. The van der Waals surface area contributed by atoms with Crippen molar-refractivity contribution in [2.24, 2.45) is 5.92 Å². The molecule has 3 rings (SSSR count). The molecule has 21 heavy (non-hydrogen) atoms. The highest BCUT2D eigenvalue weighted by atomic mass is 16.5. The van der Waals surface area contributed by atoms with Crippen molar-refractivity contribution in [3.63, 3.8) is 0 Å². The van der Waals surface area contributed by atoms with Gasteiger partial charge in [0.15, 0.2) is 0 Å². The molecule has 1 N–H and O–H groups in total. The van der Waals surface area contributed by atoms with Crippen LogP contribution in [-0.4, -0.2) is 40.1 Å². The van der Waals surface area contributed by atoms with E-state index in [0.29, 0.717) is 17.9 Å². The molecule has 1 unspecified atom stereocenters. The summed E-state index contributed by atoms with van der Waals surface area (Å²) < 4.78 is 5.27. The summed E-state index contributed by atoms with van der Waals surface area (Å²) >= 11 is 0. The van der Waals surface area contributed by atoms with Crippen LogP contribution < -0.4 is 5.32 Å². The van der Waals surface area contributed by atoms with E-state index in [-0.39, 0.29) is 17.8 Å². The van der Waals surface area contributed by atoms with Gasteiger partial charge in [-0.05, 0) is 44.6 Å². The number of nitrogens with zero attached hydrogens (tertiary/aromatic N) is 3. The molecule has 1 aromatic rings. The van der Waals surface area contributed by atoms with E-state index in [1.165, 1.54) is 0 Å². The van der Waals surface area contributed by atoms with E-state index in [4.69, 9.17) is 4.52 Å². The first-order valence-corrected chi connectivity index (χ1v) is 8.03. The Balaban J connectivity index is 1.67. The zero-order valence-corrected chi connectivity index (χ0v) is 12.8. The molecule has 0 radical (unpaired) electrons. The lowest BCUT2D eigenvalue weighted by Crippen LogP contribution is -2.35. The van der Waals surface area contributed by atoms with Crippen molar-refractivity contribution >= 4 is 5.91 Å². The van der Waals surface area contributed by atoms with Gasteiger partial charge in [0.25, 0.3) is 11.7 Å². The number of amides is 1. The summed E-state index contributed by atoms with van der Waals surface area (Å²) in [5.41, 5.74) is 0.